The van der Waals surface area contributed by atoms with Gasteiger partial charge in [-0.2, -0.15) is 5.26 Å². The minimum Gasteiger partial charge on any atom is -0.478 e. The number of hydrogen-bond acceptors (Lipinski definition) is 3. The Kier molecular flexibility index (Phi) is 3.48. The zero-order valence-electron chi connectivity index (χ0n) is 12.1. The lowest BCUT2D eigenvalue weighted by molar-refractivity contribution is -0.132. The topological polar surface area (TPSA) is 73.5 Å². The average molecular weight is 290 g/mol. The van der Waals surface area contributed by atoms with Crippen molar-refractivity contribution in [1.82, 2.24) is 0 Å². The number of rotatable bonds is 2. The third-order valence-corrected chi connectivity index (χ3v) is 3.87. The molecule has 0 saturated heterocycles. The molecule has 1 aromatic carbocycles. The molecule has 1 N–H and O–H groups in total. The van der Waals surface area contributed by atoms with E-state index in [-0.39, 0.29) is 0 Å². The second-order valence-corrected chi connectivity index (χ2v) is 5.34. The smallest absolute Gasteiger partial charge is 0.335 e. The summed E-state index contributed by atoms with van der Waals surface area (Å²) in [7, 11) is 0. The molecule has 0 bridgehead atoms. The fourth-order valence-corrected chi connectivity index (χ4v) is 2.67. The van der Waals surface area contributed by atoms with E-state index in [4.69, 9.17) is 5.26 Å². The van der Waals surface area contributed by atoms with Crippen LogP contribution in [0.25, 0.3) is 0 Å². The van der Waals surface area contributed by atoms with Crippen molar-refractivity contribution in [1.29, 1.82) is 5.26 Å². The number of fused-ring (bicyclic) bond motifs is 1. The van der Waals surface area contributed by atoms with E-state index >= 15 is 0 Å². The fraction of sp³-hybridized carbons (Fsp3) is 0.167. The second kappa shape index (κ2) is 5.45. The standard InChI is InChI=1S/C18H14N2O2/c1-11-3-2-4-13(8-15(11)18(21)22)17-9-14-7-12(10-19)5-6-16(14)20-17/h3-8H,2,9H2,1H3,(H,21,22). The summed E-state index contributed by atoms with van der Waals surface area (Å²) in [6.07, 6.45) is 6.90. The van der Waals surface area contributed by atoms with Crippen LogP contribution in [0.4, 0.5) is 5.69 Å². The first-order valence-electron chi connectivity index (χ1n) is 7.01. The lowest BCUT2D eigenvalue weighted by Crippen LogP contribution is -2.05. The molecule has 3 rings (SSSR count). The van der Waals surface area contributed by atoms with Crippen LogP contribution >= 0.6 is 0 Å². The molecule has 0 fully saturated rings. The van der Waals surface area contributed by atoms with Crippen LogP contribution in [0, 0.1) is 11.3 Å². The van der Waals surface area contributed by atoms with Crippen LogP contribution < -0.4 is 0 Å². The van der Waals surface area contributed by atoms with Gasteiger partial charge in [0.1, 0.15) is 0 Å². The van der Waals surface area contributed by atoms with Gasteiger partial charge in [-0.1, -0.05) is 12.2 Å². The maximum atomic E-state index is 11.4. The van der Waals surface area contributed by atoms with Crippen molar-refractivity contribution in [3.8, 4) is 6.07 Å². The molecule has 1 aromatic rings. The van der Waals surface area contributed by atoms with E-state index in [2.05, 4.69) is 11.1 Å². The molecule has 0 saturated carbocycles. The van der Waals surface area contributed by atoms with Crippen molar-refractivity contribution in [2.24, 2.45) is 4.99 Å². The molecule has 22 heavy (non-hydrogen) atoms. The van der Waals surface area contributed by atoms with Gasteiger partial charge in [0.05, 0.1) is 28.6 Å². The summed E-state index contributed by atoms with van der Waals surface area (Å²) >= 11 is 0. The van der Waals surface area contributed by atoms with Crippen molar-refractivity contribution in [3.05, 3.63) is 64.3 Å². The van der Waals surface area contributed by atoms with Crippen molar-refractivity contribution in [2.45, 2.75) is 19.8 Å². The molecule has 108 valence electrons. The van der Waals surface area contributed by atoms with Crippen molar-refractivity contribution >= 4 is 17.4 Å². The summed E-state index contributed by atoms with van der Waals surface area (Å²) in [5, 5.41) is 18.3. The number of carboxylic acids is 1. The average Bonchev–Trinajstić information content (AvgIpc) is 2.82. The third-order valence-electron chi connectivity index (χ3n) is 3.87. The Morgan fingerprint density at radius 3 is 2.91 bits per heavy atom. The number of hydrogen-bond donors (Lipinski definition) is 1. The number of carbonyl (C=O) groups is 1. The molecule has 4 heteroatoms. The molecule has 2 aliphatic rings. The highest BCUT2D eigenvalue weighted by Gasteiger charge is 2.20. The Balaban J connectivity index is 1.95. The number of nitrogens with zero attached hydrogens (tertiary/aromatic N) is 2. The Morgan fingerprint density at radius 1 is 1.36 bits per heavy atom. The Hall–Kier alpha value is -2.93. The van der Waals surface area contributed by atoms with Gasteiger partial charge in [-0.25, -0.2) is 4.79 Å². The molecule has 0 unspecified atom stereocenters. The van der Waals surface area contributed by atoms with E-state index in [0.717, 1.165) is 28.1 Å². The number of nitriles is 1. The molecular formula is C18H14N2O2. The van der Waals surface area contributed by atoms with Gasteiger partial charge in [0, 0.05) is 6.42 Å². The Morgan fingerprint density at radius 2 is 2.18 bits per heavy atom. The molecule has 0 spiro atoms. The fourth-order valence-electron chi connectivity index (χ4n) is 2.67. The number of aliphatic carboxylic acids is 1. The third kappa shape index (κ3) is 2.49. The van der Waals surface area contributed by atoms with E-state index < -0.39 is 5.97 Å². The molecule has 1 aliphatic carbocycles. The second-order valence-electron chi connectivity index (χ2n) is 5.34. The van der Waals surface area contributed by atoms with Gasteiger partial charge in [0.15, 0.2) is 0 Å². The predicted molar refractivity (Wildman–Crippen MR) is 84.1 cm³/mol. The summed E-state index contributed by atoms with van der Waals surface area (Å²) < 4.78 is 0. The summed E-state index contributed by atoms with van der Waals surface area (Å²) in [6.45, 7) is 1.81. The number of carboxylic acid groups (broad SMARTS) is 1. The van der Waals surface area contributed by atoms with Gasteiger partial charge in [-0.05, 0) is 54.3 Å². The summed E-state index contributed by atoms with van der Waals surface area (Å²) in [6, 6.07) is 7.55. The normalized spacial score (nSPS) is 16.5. The van der Waals surface area contributed by atoms with Crippen LogP contribution in [-0.2, 0) is 11.2 Å². The highest BCUT2D eigenvalue weighted by Crippen LogP contribution is 2.31. The first kappa shape index (κ1) is 14.0. The molecule has 4 nitrogen and oxygen atoms in total. The van der Waals surface area contributed by atoms with Gasteiger partial charge in [-0.15, -0.1) is 0 Å². The van der Waals surface area contributed by atoms with Crippen LogP contribution in [0.5, 0.6) is 0 Å². The highest BCUT2D eigenvalue weighted by atomic mass is 16.4. The van der Waals surface area contributed by atoms with Gasteiger partial charge in [0.25, 0.3) is 0 Å². The van der Waals surface area contributed by atoms with E-state index in [9.17, 15) is 9.90 Å². The number of allylic oxidation sites excluding steroid dienone is 4. The van der Waals surface area contributed by atoms with Crippen molar-refractivity contribution in [3.63, 3.8) is 0 Å². The molecular weight excluding hydrogens is 276 g/mol. The SMILES string of the molecule is CC1=CCC=C(C2=Nc3ccc(C#N)cc3C2)C=C1C(=O)O. The molecule has 0 radical (unpaired) electrons. The molecule has 0 amide bonds. The van der Waals surface area contributed by atoms with Crippen molar-refractivity contribution < 1.29 is 9.90 Å². The molecule has 1 aliphatic heterocycles. The van der Waals surface area contributed by atoms with Crippen LogP contribution in [0.1, 0.15) is 24.5 Å². The molecule has 1 heterocycles. The lowest BCUT2D eigenvalue weighted by atomic mass is 10.00. The first-order chi connectivity index (χ1) is 10.6. The largest absolute Gasteiger partial charge is 0.478 e. The number of aliphatic imine (C=N–C) groups is 1. The Bertz CT molecular complexity index is 833. The minimum absolute atomic E-state index is 0.306. The van der Waals surface area contributed by atoms with Gasteiger partial charge in [-0.3, -0.25) is 4.99 Å². The van der Waals surface area contributed by atoms with Crippen LogP contribution in [0.3, 0.4) is 0 Å². The Labute approximate surface area is 128 Å². The summed E-state index contributed by atoms with van der Waals surface area (Å²) in [5.74, 6) is -0.926. The maximum Gasteiger partial charge on any atom is 0.335 e. The van der Waals surface area contributed by atoms with Crippen LogP contribution in [0.15, 0.2) is 58.1 Å². The first-order valence-corrected chi connectivity index (χ1v) is 7.01. The number of benzene rings is 1. The van der Waals surface area contributed by atoms with E-state index in [1.807, 2.05) is 24.3 Å². The van der Waals surface area contributed by atoms with Gasteiger partial charge in [0.2, 0.25) is 0 Å². The van der Waals surface area contributed by atoms with E-state index in [1.165, 1.54) is 0 Å². The van der Waals surface area contributed by atoms with Crippen LogP contribution in [0.2, 0.25) is 0 Å². The quantitative estimate of drug-likeness (QED) is 0.906. The van der Waals surface area contributed by atoms with E-state index in [0.29, 0.717) is 24.0 Å². The zero-order chi connectivity index (χ0) is 15.7. The van der Waals surface area contributed by atoms with Gasteiger partial charge >= 0.3 is 5.97 Å². The summed E-state index contributed by atoms with van der Waals surface area (Å²) in [5.41, 5.74) is 5.25. The maximum absolute atomic E-state index is 11.4. The summed E-state index contributed by atoms with van der Waals surface area (Å²) in [4.78, 5) is 16.0. The molecule has 0 atom stereocenters. The zero-order valence-corrected chi connectivity index (χ0v) is 12.1. The highest BCUT2D eigenvalue weighted by molar-refractivity contribution is 6.09. The molecule has 0 aromatic heterocycles. The van der Waals surface area contributed by atoms with Crippen LogP contribution in [-0.4, -0.2) is 16.8 Å². The minimum atomic E-state index is -0.926. The predicted octanol–water partition coefficient (Wildman–Crippen LogP) is 3.47. The van der Waals surface area contributed by atoms with Gasteiger partial charge < -0.3 is 5.11 Å². The monoisotopic (exact) mass is 290 g/mol. The van der Waals surface area contributed by atoms with Crippen molar-refractivity contribution in [2.75, 3.05) is 0 Å². The lowest BCUT2D eigenvalue weighted by Gasteiger charge is -2.03. The van der Waals surface area contributed by atoms with E-state index in [1.54, 1.807) is 19.1 Å².